The first-order valence-electron chi connectivity index (χ1n) is 8.89. The highest BCUT2D eigenvalue weighted by atomic mass is 16.7. The topological polar surface area (TPSA) is 27.7 Å². The fourth-order valence-electron chi connectivity index (χ4n) is 3.60. The van der Waals surface area contributed by atoms with Gasteiger partial charge in [-0.2, -0.15) is 0 Å². The molecule has 0 N–H and O–H groups in total. The lowest BCUT2D eigenvalue weighted by Gasteiger charge is -2.34. The SMILES string of the molecule is CC1(C)c2ccccc2Oc2cc(B3OC(C)(C)C(C)(C)O3)ccc21. The fraction of sp³-hybridized carbons (Fsp3) is 0.429. The summed E-state index contributed by atoms with van der Waals surface area (Å²) in [4.78, 5) is 0. The van der Waals surface area contributed by atoms with Crippen LogP contribution in [0.4, 0.5) is 0 Å². The van der Waals surface area contributed by atoms with Gasteiger partial charge in [0.25, 0.3) is 0 Å². The molecule has 2 aliphatic heterocycles. The maximum Gasteiger partial charge on any atom is 0.494 e. The van der Waals surface area contributed by atoms with Crippen molar-refractivity contribution in [2.45, 2.75) is 58.2 Å². The van der Waals surface area contributed by atoms with Gasteiger partial charge in [-0.05, 0) is 45.3 Å². The van der Waals surface area contributed by atoms with E-state index >= 15 is 0 Å². The van der Waals surface area contributed by atoms with Crippen molar-refractivity contribution in [3.05, 3.63) is 53.6 Å². The van der Waals surface area contributed by atoms with Gasteiger partial charge in [-0.15, -0.1) is 0 Å². The predicted molar refractivity (Wildman–Crippen MR) is 101 cm³/mol. The highest BCUT2D eigenvalue weighted by Gasteiger charge is 2.52. The Morgan fingerprint density at radius 3 is 2.00 bits per heavy atom. The van der Waals surface area contributed by atoms with Crippen LogP contribution in [0, 0.1) is 0 Å². The van der Waals surface area contributed by atoms with Crippen LogP contribution in [0.15, 0.2) is 42.5 Å². The monoisotopic (exact) mass is 336 g/mol. The Bertz CT molecular complexity index is 823. The van der Waals surface area contributed by atoms with Crippen LogP contribution < -0.4 is 10.2 Å². The van der Waals surface area contributed by atoms with E-state index in [1.54, 1.807) is 0 Å². The van der Waals surface area contributed by atoms with Crippen molar-refractivity contribution in [3.8, 4) is 11.5 Å². The van der Waals surface area contributed by atoms with Crippen LogP contribution in [0.2, 0.25) is 0 Å². The third-order valence-corrected chi connectivity index (χ3v) is 5.98. The zero-order valence-corrected chi connectivity index (χ0v) is 15.8. The van der Waals surface area contributed by atoms with Crippen molar-refractivity contribution >= 4 is 12.6 Å². The molecular weight excluding hydrogens is 311 g/mol. The second-order valence-corrected chi connectivity index (χ2v) is 8.57. The molecule has 2 aromatic rings. The summed E-state index contributed by atoms with van der Waals surface area (Å²) in [7, 11) is -0.376. The van der Waals surface area contributed by atoms with E-state index in [1.807, 2.05) is 12.1 Å². The largest absolute Gasteiger partial charge is 0.494 e. The molecular formula is C21H25BO3. The molecule has 1 fully saturated rings. The molecule has 0 amide bonds. The first kappa shape index (κ1) is 16.7. The zero-order chi connectivity index (χ0) is 18.0. The van der Waals surface area contributed by atoms with Gasteiger partial charge in [0, 0.05) is 16.5 Å². The maximum absolute atomic E-state index is 6.21. The molecule has 0 saturated carbocycles. The number of fused-ring (bicyclic) bond motifs is 2. The van der Waals surface area contributed by atoms with E-state index in [-0.39, 0.29) is 23.7 Å². The van der Waals surface area contributed by atoms with Crippen LogP contribution in [-0.4, -0.2) is 18.3 Å². The molecule has 0 atom stereocenters. The van der Waals surface area contributed by atoms with E-state index < -0.39 is 0 Å². The van der Waals surface area contributed by atoms with Crippen LogP contribution in [-0.2, 0) is 14.7 Å². The second kappa shape index (κ2) is 5.12. The highest BCUT2D eigenvalue weighted by Crippen LogP contribution is 2.47. The second-order valence-electron chi connectivity index (χ2n) is 8.57. The molecule has 3 nitrogen and oxygen atoms in total. The lowest BCUT2D eigenvalue weighted by molar-refractivity contribution is 0.00578. The number of rotatable bonds is 1. The van der Waals surface area contributed by atoms with Crippen LogP contribution in [0.1, 0.15) is 52.7 Å². The molecule has 2 heterocycles. The van der Waals surface area contributed by atoms with E-state index in [1.165, 1.54) is 11.1 Å². The number of hydrogen-bond acceptors (Lipinski definition) is 3. The minimum Gasteiger partial charge on any atom is -0.457 e. The number of para-hydroxylation sites is 1. The molecule has 25 heavy (non-hydrogen) atoms. The molecule has 0 bridgehead atoms. The Labute approximate surface area is 150 Å². The Morgan fingerprint density at radius 1 is 0.720 bits per heavy atom. The third-order valence-electron chi connectivity index (χ3n) is 5.98. The van der Waals surface area contributed by atoms with Crippen molar-refractivity contribution in [3.63, 3.8) is 0 Å². The van der Waals surface area contributed by atoms with Crippen molar-refractivity contribution in [2.75, 3.05) is 0 Å². The zero-order valence-electron chi connectivity index (χ0n) is 15.8. The van der Waals surface area contributed by atoms with Gasteiger partial charge in [-0.1, -0.05) is 44.2 Å². The van der Waals surface area contributed by atoms with Gasteiger partial charge in [-0.25, -0.2) is 0 Å². The van der Waals surface area contributed by atoms with Gasteiger partial charge in [0.2, 0.25) is 0 Å². The molecule has 2 aromatic carbocycles. The average molecular weight is 336 g/mol. The van der Waals surface area contributed by atoms with Gasteiger partial charge in [0.1, 0.15) is 11.5 Å². The van der Waals surface area contributed by atoms with Crippen LogP contribution in [0.25, 0.3) is 0 Å². The van der Waals surface area contributed by atoms with Gasteiger partial charge >= 0.3 is 7.12 Å². The quantitative estimate of drug-likeness (QED) is 0.722. The van der Waals surface area contributed by atoms with Gasteiger partial charge < -0.3 is 14.0 Å². The van der Waals surface area contributed by atoms with Crippen molar-refractivity contribution in [2.24, 2.45) is 0 Å². The summed E-state index contributed by atoms with van der Waals surface area (Å²) < 4.78 is 18.6. The van der Waals surface area contributed by atoms with Crippen molar-refractivity contribution in [1.82, 2.24) is 0 Å². The molecule has 4 rings (SSSR count). The van der Waals surface area contributed by atoms with Crippen molar-refractivity contribution in [1.29, 1.82) is 0 Å². The first-order valence-corrected chi connectivity index (χ1v) is 8.89. The minimum atomic E-state index is -0.376. The predicted octanol–water partition coefficient (Wildman–Crippen LogP) is 4.42. The van der Waals surface area contributed by atoms with E-state index in [4.69, 9.17) is 14.0 Å². The van der Waals surface area contributed by atoms with Crippen LogP contribution >= 0.6 is 0 Å². The molecule has 0 aliphatic carbocycles. The Hall–Kier alpha value is -1.78. The molecule has 0 radical (unpaired) electrons. The Balaban J connectivity index is 1.74. The Morgan fingerprint density at radius 2 is 1.32 bits per heavy atom. The van der Waals surface area contributed by atoms with Gasteiger partial charge in [0.05, 0.1) is 11.2 Å². The van der Waals surface area contributed by atoms with E-state index in [0.717, 1.165) is 17.0 Å². The summed E-state index contributed by atoms with van der Waals surface area (Å²) in [5, 5.41) is 0. The summed E-state index contributed by atoms with van der Waals surface area (Å²) in [6.07, 6.45) is 0. The third kappa shape index (κ3) is 2.43. The normalized spacial score (nSPS) is 22.1. The van der Waals surface area contributed by atoms with Crippen LogP contribution in [0.5, 0.6) is 11.5 Å². The smallest absolute Gasteiger partial charge is 0.457 e. The summed E-state index contributed by atoms with van der Waals surface area (Å²) in [5.41, 5.74) is 2.60. The summed E-state index contributed by atoms with van der Waals surface area (Å²) in [5.74, 6) is 1.81. The molecule has 0 aromatic heterocycles. The summed E-state index contributed by atoms with van der Waals surface area (Å²) >= 11 is 0. The van der Waals surface area contributed by atoms with Gasteiger partial charge in [0.15, 0.2) is 0 Å². The average Bonchev–Trinajstić information content (AvgIpc) is 2.75. The first-order chi connectivity index (χ1) is 11.6. The van der Waals surface area contributed by atoms with E-state index in [0.29, 0.717) is 0 Å². The van der Waals surface area contributed by atoms with E-state index in [2.05, 4.69) is 71.9 Å². The van der Waals surface area contributed by atoms with E-state index in [9.17, 15) is 0 Å². The summed E-state index contributed by atoms with van der Waals surface area (Å²) in [6, 6.07) is 14.6. The maximum atomic E-state index is 6.21. The lowest BCUT2D eigenvalue weighted by Crippen LogP contribution is -2.41. The molecule has 1 saturated heterocycles. The molecule has 0 spiro atoms. The molecule has 2 aliphatic rings. The molecule has 130 valence electrons. The number of ether oxygens (including phenoxy) is 1. The number of benzene rings is 2. The Kier molecular flexibility index (Phi) is 3.42. The van der Waals surface area contributed by atoms with Gasteiger partial charge in [-0.3, -0.25) is 0 Å². The lowest BCUT2D eigenvalue weighted by atomic mass is 9.72. The summed E-state index contributed by atoms with van der Waals surface area (Å²) in [6.45, 7) is 12.8. The standard InChI is InChI=1S/C21H25BO3/c1-19(2)15-9-7-8-10-17(15)23-18-13-14(11-12-16(18)19)22-24-20(3,4)21(5,6)25-22/h7-13H,1-6H3. The molecule has 4 heteroatoms. The minimum absolute atomic E-state index is 0.0986. The highest BCUT2D eigenvalue weighted by molar-refractivity contribution is 6.62. The fourth-order valence-corrected chi connectivity index (χ4v) is 3.60. The van der Waals surface area contributed by atoms with Crippen molar-refractivity contribution < 1.29 is 14.0 Å². The van der Waals surface area contributed by atoms with Crippen LogP contribution in [0.3, 0.4) is 0 Å². The molecule has 0 unspecified atom stereocenters. The number of hydrogen-bond donors (Lipinski definition) is 0.